The van der Waals surface area contributed by atoms with Gasteiger partial charge in [0, 0.05) is 25.7 Å². The van der Waals surface area contributed by atoms with Crippen molar-refractivity contribution in [2.45, 2.75) is 32.6 Å². The fraction of sp³-hybridized carbons (Fsp3) is 0.550. The molecule has 2 aliphatic heterocycles. The number of imide groups is 1. The Morgan fingerprint density at radius 2 is 1.96 bits per heavy atom. The summed E-state index contributed by atoms with van der Waals surface area (Å²) in [6.45, 7) is 6.38. The molecule has 0 aliphatic carbocycles. The van der Waals surface area contributed by atoms with Crippen LogP contribution in [-0.4, -0.2) is 60.7 Å². The maximum atomic E-state index is 12.3. The largest absolute Gasteiger partial charge is 0.352 e. The molecule has 26 heavy (non-hydrogen) atoms. The molecule has 3 rings (SSSR count). The van der Waals surface area contributed by atoms with Crippen LogP contribution < -0.4 is 5.32 Å². The molecule has 0 radical (unpaired) electrons. The highest BCUT2D eigenvalue weighted by molar-refractivity contribution is 6.21. The number of nitrogens with zero attached hydrogens (tertiary/aromatic N) is 2. The minimum atomic E-state index is -0.351. The minimum absolute atomic E-state index is 0.200. The average Bonchev–Trinajstić information content (AvgIpc) is 2.85. The zero-order valence-electron chi connectivity index (χ0n) is 15.6. The fourth-order valence-corrected chi connectivity index (χ4v) is 3.76. The van der Waals surface area contributed by atoms with Gasteiger partial charge in [-0.1, -0.05) is 6.92 Å². The van der Waals surface area contributed by atoms with Gasteiger partial charge in [0.05, 0.1) is 11.1 Å². The lowest BCUT2D eigenvalue weighted by Crippen LogP contribution is -2.35. The number of carbonyl (C=O) groups is 3. The molecule has 1 N–H and O–H groups in total. The van der Waals surface area contributed by atoms with E-state index in [0.717, 1.165) is 30.2 Å². The molecule has 0 saturated carbocycles. The number of piperidine rings is 1. The Kier molecular flexibility index (Phi) is 5.71. The quantitative estimate of drug-likeness (QED) is 0.626. The van der Waals surface area contributed by atoms with Crippen LogP contribution in [0.15, 0.2) is 18.2 Å². The number of fused-ring (bicyclic) bond motifs is 1. The van der Waals surface area contributed by atoms with E-state index < -0.39 is 0 Å². The summed E-state index contributed by atoms with van der Waals surface area (Å²) < 4.78 is 0. The van der Waals surface area contributed by atoms with Crippen molar-refractivity contribution < 1.29 is 14.4 Å². The summed E-state index contributed by atoms with van der Waals surface area (Å²) >= 11 is 0. The normalized spacial score (nSPS) is 20.4. The SMILES string of the molecule is CC1CCCN(CCCCNC(=O)c2ccc3c(c2)C(=O)N(C)C3=O)C1. The summed E-state index contributed by atoms with van der Waals surface area (Å²) in [5.74, 6) is -0.0782. The molecule has 140 valence electrons. The molecule has 3 amide bonds. The highest BCUT2D eigenvalue weighted by Gasteiger charge is 2.33. The summed E-state index contributed by atoms with van der Waals surface area (Å²) in [5.41, 5.74) is 1.10. The van der Waals surface area contributed by atoms with Crippen LogP contribution in [-0.2, 0) is 0 Å². The number of likely N-dealkylation sites (tertiary alicyclic amines) is 1. The molecule has 0 bridgehead atoms. The molecule has 6 nitrogen and oxygen atoms in total. The Morgan fingerprint density at radius 1 is 1.19 bits per heavy atom. The summed E-state index contributed by atoms with van der Waals surface area (Å²) in [6, 6.07) is 4.68. The Bertz CT molecular complexity index is 716. The van der Waals surface area contributed by atoms with E-state index in [9.17, 15) is 14.4 Å². The lowest BCUT2D eigenvalue weighted by molar-refractivity contribution is 0.0693. The predicted octanol–water partition coefficient (Wildman–Crippen LogP) is 2.15. The van der Waals surface area contributed by atoms with Crippen molar-refractivity contribution in [2.75, 3.05) is 33.2 Å². The minimum Gasteiger partial charge on any atom is -0.352 e. The lowest BCUT2D eigenvalue weighted by atomic mass is 10.0. The second-order valence-electron chi connectivity index (χ2n) is 7.44. The molecule has 1 atom stereocenters. The number of hydrogen-bond donors (Lipinski definition) is 1. The molecule has 0 aromatic heterocycles. The van der Waals surface area contributed by atoms with E-state index in [2.05, 4.69) is 17.1 Å². The number of rotatable bonds is 6. The molecule has 1 unspecified atom stereocenters. The average molecular weight is 357 g/mol. The smallest absolute Gasteiger partial charge is 0.261 e. The summed E-state index contributed by atoms with van der Waals surface area (Å²) in [4.78, 5) is 39.8. The van der Waals surface area contributed by atoms with Crippen LogP contribution in [0.4, 0.5) is 0 Å². The van der Waals surface area contributed by atoms with Crippen molar-refractivity contribution in [3.63, 3.8) is 0 Å². The summed E-state index contributed by atoms with van der Waals surface area (Å²) in [7, 11) is 1.45. The Morgan fingerprint density at radius 3 is 2.73 bits per heavy atom. The third-order valence-electron chi connectivity index (χ3n) is 5.28. The second kappa shape index (κ2) is 7.99. The van der Waals surface area contributed by atoms with Crippen LogP contribution in [0.2, 0.25) is 0 Å². The molecule has 6 heteroatoms. The highest BCUT2D eigenvalue weighted by Crippen LogP contribution is 2.22. The summed E-state index contributed by atoms with van der Waals surface area (Å²) in [5, 5.41) is 2.91. The van der Waals surface area contributed by atoms with Crippen LogP contribution in [0.1, 0.15) is 63.7 Å². The van der Waals surface area contributed by atoms with E-state index in [4.69, 9.17) is 0 Å². The van der Waals surface area contributed by atoms with Gasteiger partial charge in [0.25, 0.3) is 17.7 Å². The number of unbranched alkanes of at least 4 members (excludes halogenated alkanes) is 1. The third-order valence-corrected chi connectivity index (χ3v) is 5.28. The van der Waals surface area contributed by atoms with Gasteiger partial charge in [-0.2, -0.15) is 0 Å². The number of carbonyl (C=O) groups excluding carboxylic acids is 3. The van der Waals surface area contributed by atoms with E-state index in [0.29, 0.717) is 23.2 Å². The van der Waals surface area contributed by atoms with E-state index >= 15 is 0 Å². The zero-order valence-corrected chi connectivity index (χ0v) is 15.6. The monoisotopic (exact) mass is 357 g/mol. The Hall–Kier alpha value is -2.21. The van der Waals surface area contributed by atoms with Gasteiger partial charge in [0.1, 0.15) is 0 Å². The van der Waals surface area contributed by atoms with Crippen LogP contribution in [0.3, 0.4) is 0 Å². The van der Waals surface area contributed by atoms with Crippen molar-refractivity contribution in [2.24, 2.45) is 5.92 Å². The molecule has 1 aromatic rings. The highest BCUT2D eigenvalue weighted by atomic mass is 16.2. The maximum Gasteiger partial charge on any atom is 0.261 e. The van der Waals surface area contributed by atoms with Crippen molar-refractivity contribution in [3.05, 3.63) is 34.9 Å². The van der Waals surface area contributed by atoms with Gasteiger partial charge in [-0.15, -0.1) is 0 Å². The molecule has 0 spiro atoms. The molecule has 1 fully saturated rings. The van der Waals surface area contributed by atoms with E-state index in [1.807, 2.05) is 0 Å². The van der Waals surface area contributed by atoms with E-state index in [1.54, 1.807) is 12.1 Å². The second-order valence-corrected chi connectivity index (χ2v) is 7.44. The van der Waals surface area contributed by atoms with Crippen molar-refractivity contribution in [1.29, 1.82) is 0 Å². The first-order valence-electron chi connectivity index (χ1n) is 9.44. The van der Waals surface area contributed by atoms with Crippen molar-refractivity contribution in [3.8, 4) is 0 Å². The van der Waals surface area contributed by atoms with Crippen molar-refractivity contribution in [1.82, 2.24) is 15.1 Å². The number of nitrogens with one attached hydrogen (secondary N) is 1. The van der Waals surface area contributed by atoms with Crippen LogP contribution >= 0.6 is 0 Å². The molecular weight excluding hydrogens is 330 g/mol. The molecule has 2 aliphatic rings. The third kappa shape index (κ3) is 3.96. The first-order chi connectivity index (χ1) is 12.5. The lowest BCUT2D eigenvalue weighted by Gasteiger charge is -2.30. The fourth-order valence-electron chi connectivity index (χ4n) is 3.76. The Labute approximate surface area is 154 Å². The molecule has 1 saturated heterocycles. The number of hydrogen-bond acceptors (Lipinski definition) is 4. The molecular formula is C20H27N3O3. The van der Waals surface area contributed by atoms with E-state index in [1.165, 1.54) is 39.0 Å². The molecule has 1 aromatic carbocycles. The molecule has 2 heterocycles. The first kappa shape index (κ1) is 18.6. The predicted molar refractivity (Wildman–Crippen MR) is 99.3 cm³/mol. The van der Waals surface area contributed by atoms with Crippen LogP contribution in [0, 0.1) is 5.92 Å². The zero-order chi connectivity index (χ0) is 18.7. The van der Waals surface area contributed by atoms with Gasteiger partial charge in [-0.25, -0.2) is 0 Å². The van der Waals surface area contributed by atoms with Gasteiger partial charge in [-0.3, -0.25) is 19.3 Å². The van der Waals surface area contributed by atoms with Crippen LogP contribution in [0.5, 0.6) is 0 Å². The van der Waals surface area contributed by atoms with Gasteiger partial charge in [0.2, 0.25) is 0 Å². The Balaban J connectivity index is 1.44. The van der Waals surface area contributed by atoms with Gasteiger partial charge >= 0.3 is 0 Å². The number of benzene rings is 1. The first-order valence-corrected chi connectivity index (χ1v) is 9.44. The summed E-state index contributed by atoms with van der Waals surface area (Å²) in [6.07, 6.45) is 4.61. The number of amides is 3. The van der Waals surface area contributed by atoms with E-state index in [-0.39, 0.29) is 17.7 Å². The van der Waals surface area contributed by atoms with Gasteiger partial charge in [0.15, 0.2) is 0 Å². The standard InChI is InChI=1S/C20H27N3O3/c1-14-6-5-11-23(13-14)10-4-3-9-21-18(24)15-7-8-16-17(12-15)20(26)22(2)19(16)25/h7-8,12,14H,3-6,9-11,13H2,1-2H3,(H,21,24). The maximum absolute atomic E-state index is 12.3. The topological polar surface area (TPSA) is 69.7 Å². The van der Waals surface area contributed by atoms with Crippen LogP contribution in [0.25, 0.3) is 0 Å². The van der Waals surface area contributed by atoms with Crippen molar-refractivity contribution >= 4 is 17.7 Å². The van der Waals surface area contributed by atoms with Gasteiger partial charge < -0.3 is 10.2 Å². The van der Waals surface area contributed by atoms with Gasteiger partial charge in [-0.05, 0) is 62.9 Å².